The van der Waals surface area contributed by atoms with Crippen molar-refractivity contribution in [1.29, 1.82) is 0 Å². The fourth-order valence-electron chi connectivity index (χ4n) is 2.85. The van der Waals surface area contributed by atoms with Crippen LogP contribution in [0.25, 0.3) is 0 Å². The number of esters is 1. The molecule has 0 unspecified atom stereocenters. The van der Waals surface area contributed by atoms with Gasteiger partial charge < -0.3 is 14.2 Å². The van der Waals surface area contributed by atoms with Crippen molar-refractivity contribution in [2.45, 2.75) is 4.90 Å². The van der Waals surface area contributed by atoms with Gasteiger partial charge in [-0.3, -0.25) is 9.52 Å². The molecular weight excluding hydrogens is 453 g/mol. The van der Waals surface area contributed by atoms with E-state index in [2.05, 4.69) is 4.72 Å². The molecule has 10 heteroatoms. The summed E-state index contributed by atoms with van der Waals surface area (Å²) in [5.41, 5.74) is 0.148. The van der Waals surface area contributed by atoms with Crippen molar-refractivity contribution < 1.29 is 36.6 Å². The minimum absolute atomic E-state index is 0.0772. The Morgan fingerprint density at radius 3 is 2.33 bits per heavy atom. The van der Waals surface area contributed by atoms with Crippen molar-refractivity contribution in [2.75, 3.05) is 25.5 Å². The van der Waals surface area contributed by atoms with Crippen LogP contribution in [0, 0.1) is 5.82 Å². The summed E-state index contributed by atoms with van der Waals surface area (Å²) < 4.78 is 56.3. The van der Waals surface area contributed by atoms with Crippen molar-refractivity contribution >= 4 is 27.5 Å². The number of methoxy groups -OCH3 is 2. The molecule has 0 aliphatic heterocycles. The highest BCUT2D eigenvalue weighted by Gasteiger charge is 2.19. The van der Waals surface area contributed by atoms with E-state index in [1.807, 2.05) is 0 Å². The zero-order valence-electron chi connectivity index (χ0n) is 17.7. The number of ketones is 1. The molecule has 3 aromatic rings. The number of carbonyl (C=O) groups excluding carboxylic acids is 2. The predicted molar refractivity (Wildman–Crippen MR) is 118 cm³/mol. The normalized spacial score (nSPS) is 10.9. The molecule has 33 heavy (non-hydrogen) atoms. The maximum absolute atomic E-state index is 13.5. The van der Waals surface area contributed by atoms with Gasteiger partial charge in [-0.15, -0.1) is 0 Å². The fourth-order valence-corrected chi connectivity index (χ4v) is 3.96. The molecule has 3 rings (SSSR count). The summed E-state index contributed by atoms with van der Waals surface area (Å²) in [5, 5.41) is 0. The number of carbonyl (C=O) groups is 2. The van der Waals surface area contributed by atoms with Gasteiger partial charge in [-0.25, -0.2) is 17.6 Å². The topological polar surface area (TPSA) is 108 Å². The summed E-state index contributed by atoms with van der Waals surface area (Å²) in [6.07, 6.45) is 0. The van der Waals surface area contributed by atoms with Gasteiger partial charge in [-0.2, -0.15) is 0 Å². The number of rotatable bonds is 9. The van der Waals surface area contributed by atoms with Gasteiger partial charge in [0.15, 0.2) is 6.61 Å². The Balaban J connectivity index is 1.71. The van der Waals surface area contributed by atoms with Gasteiger partial charge in [0.25, 0.3) is 10.0 Å². The van der Waals surface area contributed by atoms with E-state index in [4.69, 9.17) is 14.2 Å². The van der Waals surface area contributed by atoms with Crippen molar-refractivity contribution in [3.63, 3.8) is 0 Å². The molecule has 0 heterocycles. The Labute approximate surface area is 190 Å². The van der Waals surface area contributed by atoms with Crippen LogP contribution in [0.3, 0.4) is 0 Å². The van der Waals surface area contributed by atoms with Crippen LogP contribution in [0.5, 0.6) is 11.5 Å². The third-order valence-corrected chi connectivity index (χ3v) is 5.90. The number of halogens is 1. The quantitative estimate of drug-likeness (QED) is 0.373. The molecule has 0 aromatic heterocycles. The molecule has 0 saturated heterocycles. The van der Waals surface area contributed by atoms with Crippen LogP contribution in [0.15, 0.2) is 71.6 Å². The van der Waals surface area contributed by atoms with Gasteiger partial charge in [-0.05, 0) is 60.7 Å². The van der Waals surface area contributed by atoms with Crippen LogP contribution >= 0.6 is 0 Å². The van der Waals surface area contributed by atoms with Crippen LogP contribution in [-0.2, 0) is 14.8 Å². The maximum atomic E-state index is 13.5. The van der Waals surface area contributed by atoms with Crippen molar-refractivity contribution in [3.05, 3.63) is 83.7 Å². The Morgan fingerprint density at radius 2 is 1.67 bits per heavy atom. The van der Waals surface area contributed by atoms with Gasteiger partial charge in [-0.1, -0.05) is 6.07 Å². The van der Waals surface area contributed by atoms with Crippen LogP contribution < -0.4 is 14.2 Å². The van der Waals surface area contributed by atoms with Gasteiger partial charge in [0.2, 0.25) is 5.78 Å². The number of ether oxygens (including phenoxy) is 3. The molecule has 0 fully saturated rings. The lowest BCUT2D eigenvalue weighted by molar-refractivity contribution is 0.0473. The van der Waals surface area contributed by atoms with Crippen molar-refractivity contribution in [2.24, 2.45) is 0 Å². The summed E-state index contributed by atoms with van der Waals surface area (Å²) in [6.45, 7) is -0.681. The molecule has 172 valence electrons. The molecule has 8 nitrogen and oxygen atoms in total. The third kappa shape index (κ3) is 5.86. The van der Waals surface area contributed by atoms with E-state index < -0.39 is 34.2 Å². The molecule has 0 saturated carbocycles. The molecule has 0 amide bonds. The Morgan fingerprint density at radius 1 is 0.939 bits per heavy atom. The molecule has 0 radical (unpaired) electrons. The largest absolute Gasteiger partial charge is 0.497 e. The fraction of sp³-hybridized carbons (Fsp3) is 0.130. The first-order chi connectivity index (χ1) is 15.7. The lowest BCUT2D eigenvalue weighted by Gasteiger charge is -2.11. The number of nitrogens with one attached hydrogen (secondary N) is 1. The van der Waals surface area contributed by atoms with E-state index in [1.54, 1.807) is 12.1 Å². The second kappa shape index (κ2) is 10.1. The van der Waals surface area contributed by atoms with Crippen molar-refractivity contribution in [3.8, 4) is 11.5 Å². The molecule has 0 bridgehead atoms. The SMILES string of the molecule is COc1ccc(NS(=O)(=O)c2cccc(C(=O)OCC(=O)c3cc(F)ccc3OC)c2)cc1. The summed E-state index contributed by atoms with van der Waals surface area (Å²) in [7, 11) is -1.19. The van der Waals surface area contributed by atoms with Gasteiger partial charge >= 0.3 is 5.97 Å². The molecule has 0 aliphatic rings. The zero-order valence-corrected chi connectivity index (χ0v) is 18.5. The van der Waals surface area contributed by atoms with E-state index in [-0.39, 0.29) is 21.8 Å². The molecular formula is C23H20FNO7S. The zero-order chi connectivity index (χ0) is 24.0. The third-order valence-electron chi connectivity index (χ3n) is 4.52. The van der Waals surface area contributed by atoms with Crippen molar-refractivity contribution in [1.82, 2.24) is 0 Å². The van der Waals surface area contributed by atoms with E-state index in [1.165, 1.54) is 50.6 Å². The van der Waals surface area contributed by atoms with E-state index in [0.29, 0.717) is 11.4 Å². The predicted octanol–water partition coefficient (Wildman–Crippen LogP) is 3.68. The number of benzene rings is 3. The van der Waals surface area contributed by atoms with Crippen LogP contribution in [-0.4, -0.2) is 41.0 Å². The van der Waals surface area contributed by atoms with E-state index >= 15 is 0 Å². The highest BCUT2D eigenvalue weighted by atomic mass is 32.2. The lowest BCUT2D eigenvalue weighted by Crippen LogP contribution is -2.17. The number of anilines is 1. The second-order valence-electron chi connectivity index (χ2n) is 6.71. The average molecular weight is 473 g/mol. The standard InChI is InChI=1S/C23H20FNO7S/c1-30-18-9-7-17(8-10-18)25-33(28,29)19-5-3-4-15(12-19)23(27)32-14-21(26)20-13-16(24)6-11-22(20)31-2/h3-13,25H,14H2,1-2H3. The smallest absolute Gasteiger partial charge is 0.338 e. The molecule has 0 spiro atoms. The lowest BCUT2D eigenvalue weighted by atomic mass is 10.1. The number of hydrogen-bond acceptors (Lipinski definition) is 7. The number of hydrogen-bond donors (Lipinski definition) is 1. The first-order valence-corrected chi connectivity index (χ1v) is 11.0. The van der Waals surface area contributed by atoms with E-state index in [0.717, 1.165) is 18.2 Å². The first-order valence-electron chi connectivity index (χ1n) is 9.54. The highest BCUT2D eigenvalue weighted by Crippen LogP contribution is 2.22. The van der Waals surface area contributed by atoms with Crippen LogP contribution in [0.4, 0.5) is 10.1 Å². The van der Waals surface area contributed by atoms with Crippen LogP contribution in [0.1, 0.15) is 20.7 Å². The average Bonchev–Trinajstić information content (AvgIpc) is 2.82. The van der Waals surface area contributed by atoms with Gasteiger partial charge in [0.1, 0.15) is 17.3 Å². The maximum Gasteiger partial charge on any atom is 0.338 e. The minimum atomic E-state index is -4.00. The minimum Gasteiger partial charge on any atom is -0.497 e. The number of sulfonamides is 1. The summed E-state index contributed by atoms with van der Waals surface area (Å²) in [6, 6.07) is 14.8. The Bertz CT molecular complexity index is 1270. The van der Waals surface area contributed by atoms with Gasteiger partial charge in [0.05, 0.1) is 30.2 Å². The second-order valence-corrected chi connectivity index (χ2v) is 8.39. The van der Waals surface area contributed by atoms with Crippen LogP contribution in [0.2, 0.25) is 0 Å². The summed E-state index contributed by atoms with van der Waals surface area (Å²) >= 11 is 0. The van der Waals surface area contributed by atoms with Gasteiger partial charge in [0, 0.05) is 5.69 Å². The molecule has 3 aromatic carbocycles. The Kier molecular flexibility index (Phi) is 7.29. The first kappa shape index (κ1) is 23.7. The van der Waals surface area contributed by atoms with E-state index in [9.17, 15) is 22.4 Å². The monoisotopic (exact) mass is 473 g/mol. The summed E-state index contributed by atoms with van der Waals surface area (Å²) in [4.78, 5) is 24.6. The number of Topliss-reactive ketones (excluding diaryl/α,β-unsaturated/α-hetero) is 1. The molecule has 0 aliphatic carbocycles. The Hall–Kier alpha value is -3.92. The summed E-state index contributed by atoms with van der Waals surface area (Å²) in [5.74, 6) is -1.54. The molecule has 1 N–H and O–H groups in total. The highest BCUT2D eigenvalue weighted by molar-refractivity contribution is 7.92. The molecule has 0 atom stereocenters.